The minimum absolute atomic E-state index is 0.0152. The number of nitrogens with two attached hydrogens (primary N) is 2. The molecule has 4 rings (SSSR count). The van der Waals surface area contributed by atoms with E-state index in [0.717, 1.165) is 42.5 Å². The zero-order valence-electron chi connectivity index (χ0n) is 21.5. The third kappa shape index (κ3) is 6.85. The molecule has 0 saturated heterocycles. The minimum Gasteiger partial charge on any atom is -0.475 e. The summed E-state index contributed by atoms with van der Waals surface area (Å²) in [6.07, 6.45) is 5.30. The van der Waals surface area contributed by atoms with Crippen LogP contribution in [0.25, 0.3) is 10.8 Å². The van der Waals surface area contributed by atoms with E-state index in [0.29, 0.717) is 44.6 Å². The highest BCUT2D eigenvalue weighted by molar-refractivity contribution is 6.02. The normalized spacial score (nSPS) is 17.3. The predicted octanol–water partition coefficient (Wildman–Crippen LogP) is 3.73. The van der Waals surface area contributed by atoms with Crippen LogP contribution in [0.4, 0.5) is 21.7 Å². The number of pyridine rings is 2. The number of anilines is 3. The number of carbonyl (C=O) groups excluding carboxylic acids is 1. The summed E-state index contributed by atoms with van der Waals surface area (Å²) in [6.45, 7) is 4.32. The molecule has 1 unspecified atom stereocenters. The van der Waals surface area contributed by atoms with Crippen LogP contribution in [0.5, 0.6) is 5.88 Å². The molecule has 204 valence electrons. The standard InChI is InChI=1S/C27H35FN6O4/c1-2-36-11-12-37-13-14-38-27-18-8-4-3-7-17(18)23(16-31-27)33-25-19(24(30)35)15-20(28)26(34-25)32-22-10-6-5-9-21(22)29/h3-4,7-8,15-16,21-22H,2,5-6,9-14,29H2,1H3,(H2,30,35)(H2,32,33,34)/t21?,22-/m1/s1. The molecule has 0 aliphatic heterocycles. The number of carbonyl (C=O) groups is 1. The lowest BCUT2D eigenvalue weighted by atomic mass is 9.91. The molecule has 2 atom stereocenters. The number of rotatable bonds is 13. The summed E-state index contributed by atoms with van der Waals surface area (Å²) >= 11 is 0. The van der Waals surface area contributed by atoms with Crippen LogP contribution in [0.2, 0.25) is 0 Å². The maximum absolute atomic E-state index is 14.9. The number of nitrogens with zero attached hydrogens (tertiary/aromatic N) is 2. The van der Waals surface area contributed by atoms with Gasteiger partial charge in [-0.05, 0) is 31.9 Å². The number of amides is 1. The molecule has 0 spiro atoms. The highest BCUT2D eigenvalue weighted by Gasteiger charge is 2.25. The second kappa shape index (κ2) is 13.3. The molecule has 1 aliphatic carbocycles. The lowest BCUT2D eigenvalue weighted by Crippen LogP contribution is -2.43. The topological polar surface area (TPSA) is 147 Å². The number of hydrogen-bond donors (Lipinski definition) is 4. The van der Waals surface area contributed by atoms with Crippen LogP contribution in [-0.2, 0) is 9.47 Å². The second-order valence-corrected chi connectivity index (χ2v) is 9.08. The summed E-state index contributed by atoms with van der Waals surface area (Å²) < 4.78 is 31.5. The Kier molecular flexibility index (Phi) is 9.63. The van der Waals surface area contributed by atoms with Crippen molar-refractivity contribution in [3.63, 3.8) is 0 Å². The average molecular weight is 527 g/mol. The molecule has 10 nitrogen and oxygen atoms in total. The van der Waals surface area contributed by atoms with Crippen molar-refractivity contribution >= 4 is 34.0 Å². The molecule has 1 saturated carbocycles. The first-order valence-electron chi connectivity index (χ1n) is 12.9. The summed E-state index contributed by atoms with van der Waals surface area (Å²) in [5.74, 6) is -0.899. The minimum atomic E-state index is -0.804. The first kappa shape index (κ1) is 27.5. The van der Waals surface area contributed by atoms with Gasteiger partial charge in [0.05, 0.1) is 37.3 Å². The van der Waals surface area contributed by atoms with Gasteiger partial charge in [-0.3, -0.25) is 4.79 Å². The van der Waals surface area contributed by atoms with Crippen molar-refractivity contribution in [2.75, 3.05) is 43.7 Å². The monoisotopic (exact) mass is 526 g/mol. The molecule has 2 heterocycles. The van der Waals surface area contributed by atoms with Gasteiger partial charge in [0.1, 0.15) is 12.4 Å². The fourth-order valence-corrected chi connectivity index (χ4v) is 4.46. The Morgan fingerprint density at radius 1 is 1.08 bits per heavy atom. The number of ether oxygens (including phenoxy) is 3. The van der Waals surface area contributed by atoms with Gasteiger partial charge in [-0.15, -0.1) is 0 Å². The molecular formula is C27H35FN6O4. The molecule has 38 heavy (non-hydrogen) atoms. The van der Waals surface area contributed by atoms with E-state index in [1.54, 1.807) is 6.20 Å². The largest absolute Gasteiger partial charge is 0.475 e. The van der Waals surface area contributed by atoms with E-state index >= 15 is 0 Å². The van der Waals surface area contributed by atoms with Crippen molar-refractivity contribution in [1.29, 1.82) is 0 Å². The Labute approximate surface area is 221 Å². The molecule has 0 radical (unpaired) electrons. The SMILES string of the molecule is CCOCCOCCOc1ncc(Nc2nc(N[C@@H]3CCCCC3N)c(F)cc2C(N)=O)c2ccccc12. The second-order valence-electron chi connectivity index (χ2n) is 9.08. The summed E-state index contributed by atoms with van der Waals surface area (Å²) in [6, 6.07) is 8.39. The number of hydrogen-bond acceptors (Lipinski definition) is 9. The fourth-order valence-electron chi connectivity index (χ4n) is 4.46. The van der Waals surface area contributed by atoms with E-state index in [2.05, 4.69) is 20.6 Å². The molecule has 1 amide bonds. The number of halogens is 1. The summed E-state index contributed by atoms with van der Waals surface area (Å²) in [5, 5.41) is 7.78. The Bertz CT molecular complexity index is 1240. The summed E-state index contributed by atoms with van der Waals surface area (Å²) in [7, 11) is 0. The van der Waals surface area contributed by atoms with Crippen molar-refractivity contribution < 1.29 is 23.4 Å². The number of benzene rings is 1. The number of nitrogens with one attached hydrogen (secondary N) is 2. The van der Waals surface area contributed by atoms with Crippen LogP contribution in [-0.4, -0.2) is 61.0 Å². The summed E-state index contributed by atoms with van der Waals surface area (Å²) in [5.41, 5.74) is 12.3. The third-order valence-electron chi connectivity index (χ3n) is 6.44. The molecular weight excluding hydrogens is 491 g/mol. The van der Waals surface area contributed by atoms with Gasteiger partial charge in [0.15, 0.2) is 11.6 Å². The van der Waals surface area contributed by atoms with E-state index in [4.69, 9.17) is 25.7 Å². The molecule has 2 aromatic heterocycles. The number of aromatic nitrogens is 2. The molecule has 1 aromatic carbocycles. The van der Waals surface area contributed by atoms with Crippen LogP contribution in [0.3, 0.4) is 0 Å². The number of primary amides is 1. The van der Waals surface area contributed by atoms with Gasteiger partial charge >= 0.3 is 0 Å². The molecule has 1 aliphatic rings. The maximum Gasteiger partial charge on any atom is 0.252 e. The van der Waals surface area contributed by atoms with Crippen molar-refractivity contribution in [2.24, 2.45) is 11.5 Å². The lowest BCUT2D eigenvalue weighted by Gasteiger charge is -2.30. The quantitative estimate of drug-likeness (QED) is 0.245. The zero-order valence-corrected chi connectivity index (χ0v) is 21.5. The highest BCUT2D eigenvalue weighted by atomic mass is 19.1. The summed E-state index contributed by atoms with van der Waals surface area (Å²) in [4.78, 5) is 21.0. The van der Waals surface area contributed by atoms with E-state index in [-0.39, 0.29) is 29.3 Å². The Morgan fingerprint density at radius 3 is 2.58 bits per heavy atom. The van der Waals surface area contributed by atoms with Crippen LogP contribution in [0.1, 0.15) is 43.0 Å². The van der Waals surface area contributed by atoms with Crippen LogP contribution >= 0.6 is 0 Å². The average Bonchev–Trinajstić information content (AvgIpc) is 2.92. The zero-order chi connectivity index (χ0) is 26.9. The van der Waals surface area contributed by atoms with E-state index in [9.17, 15) is 9.18 Å². The van der Waals surface area contributed by atoms with E-state index in [1.165, 1.54) is 0 Å². The van der Waals surface area contributed by atoms with Crippen molar-refractivity contribution in [3.05, 3.63) is 47.9 Å². The predicted molar refractivity (Wildman–Crippen MR) is 144 cm³/mol. The highest BCUT2D eigenvalue weighted by Crippen LogP contribution is 2.33. The van der Waals surface area contributed by atoms with Gasteiger partial charge in [-0.25, -0.2) is 14.4 Å². The molecule has 11 heteroatoms. The first-order valence-corrected chi connectivity index (χ1v) is 12.9. The smallest absolute Gasteiger partial charge is 0.252 e. The van der Waals surface area contributed by atoms with E-state index in [1.807, 2.05) is 31.2 Å². The Morgan fingerprint density at radius 2 is 1.82 bits per heavy atom. The molecule has 0 bridgehead atoms. The van der Waals surface area contributed by atoms with Gasteiger partial charge in [0.25, 0.3) is 5.91 Å². The fraction of sp³-hybridized carbons (Fsp3) is 0.444. The molecule has 1 fully saturated rings. The van der Waals surface area contributed by atoms with E-state index < -0.39 is 11.7 Å². The number of fused-ring (bicyclic) bond motifs is 1. The van der Waals surface area contributed by atoms with Gasteiger partial charge in [-0.2, -0.15) is 0 Å². The van der Waals surface area contributed by atoms with Gasteiger partial charge in [0, 0.05) is 29.5 Å². The van der Waals surface area contributed by atoms with Crippen molar-refractivity contribution in [2.45, 2.75) is 44.7 Å². The van der Waals surface area contributed by atoms with Gasteiger partial charge in [0.2, 0.25) is 5.88 Å². The Balaban J connectivity index is 1.55. The maximum atomic E-state index is 14.9. The van der Waals surface area contributed by atoms with Crippen LogP contribution in [0, 0.1) is 5.82 Å². The van der Waals surface area contributed by atoms with Gasteiger partial charge < -0.3 is 36.3 Å². The first-order chi connectivity index (χ1) is 18.5. The lowest BCUT2D eigenvalue weighted by molar-refractivity contribution is 0.0401. The van der Waals surface area contributed by atoms with Crippen LogP contribution < -0.4 is 26.8 Å². The van der Waals surface area contributed by atoms with Gasteiger partial charge in [-0.1, -0.05) is 31.0 Å². The van der Waals surface area contributed by atoms with Crippen molar-refractivity contribution in [3.8, 4) is 5.88 Å². The van der Waals surface area contributed by atoms with Crippen molar-refractivity contribution in [1.82, 2.24) is 9.97 Å². The Hall–Kier alpha value is -3.54. The molecule has 6 N–H and O–H groups in total. The third-order valence-corrected chi connectivity index (χ3v) is 6.44. The van der Waals surface area contributed by atoms with Crippen LogP contribution in [0.15, 0.2) is 36.5 Å². The molecule has 3 aromatic rings.